The smallest absolute Gasteiger partial charge is 0.253 e. The Morgan fingerprint density at radius 3 is 2.75 bits per heavy atom. The van der Waals surface area contributed by atoms with Crippen molar-refractivity contribution < 1.29 is 18.0 Å². The minimum atomic E-state index is -3.33. The lowest BCUT2D eigenvalue weighted by Crippen LogP contribution is -2.56. The van der Waals surface area contributed by atoms with E-state index in [0.717, 1.165) is 48.3 Å². The zero-order valence-electron chi connectivity index (χ0n) is 23.4. The topological polar surface area (TPSA) is 143 Å². The summed E-state index contributed by atoms with van der Waals surface area (Å²) in [6, 6.07) is 9.17. The lowest BCUT2D eigenvalue weighted by molar-refractivity contribution is -0.143. The Morgan fingerprint density at radius 2 is 2.05 bits per heavy atom. The number of benzene rings is 1. The van der Waals surface area contributed by atoms with Gasteiger partial charge in [-0.25, -0.2) is 17.9 Å². The average Bonchev–Trinajstić information content (AvgIpc) is 3.62. The average molecular weight is 568 g/mol. The molecule has 0 saturated carbocycles. The van der Waals surface area contributed by atoms with Gasteiger partial charge in [0.05, 0.1) is 17.5 Å². The van der Waals surface area contributed by atoms with Gasteiger partial charge in [-0.2, -0.15) is 5.10 Å². The highest BCUT2D eigenvalue weighted by atomic mass is 32.2. The summed E-state index contributed by atoms with van der Waals surface area (Å²) in [5.74, 6) is -0.137. The second kappa shape index (κ2) is 10.5. The summed E-state index contributed by atoms with van der Waals surface area (Å²) in [5.41, 5.74) is 8.90. The van der Waals surface area contributed by atoms with Crippen LogP contribution in [0.4, 0.5) is 5.82 Å². The quantitative estimate of drug-likeness (QED) is 0.417. The van der Waals surface area contributed by atoms with Crippen molar-refractivity contribution in [2.45, 2.75) is 57.2 Å². The van der Waals surface area contributed by atoms with Crippen LogP contribution in [0.3, 0.4) is 0 Å². The van der Waals surface area contributed by atoms with Crippen LogP contribution < -0.4 is 16.0 Å². The molecular formula is C28H37N7O4S. The van der Waals surface area contributed by atoms with Crippen LogP contribution in [0.25, 0.3) is 5.65 Å². The number of aromatic nitrogens is 3. The van der Waals surface area contributed by atoms with Crippen molar-refractivity contribution in [3.05, 3.63) is 58.9 Å². The fourth-order valence-electron chi connectivity index (χ4n) is 5.79. The largest absolute Gasteiger partial charge is 0.355 e. The number of fused-ring (bicyclic) bond motifs is 2. The molecule has 2 aromatic heterocycles. The first-order valence-corrected chi connectivity index (χ1v) is 15.7. The number of nitrogens with zero attached hydrogens (tertiary/aromatic N) is 5. The number of rotatable bonds is 8. The second-order valence-electron chi connectivity index (χ2n) is 11.2. The molecule has 0 spiro atoms. The summed E-state index contributed by atoms with van der Waals surface area (Å²) < 4.78 is 25.1. The van der Waals surface area contributed by atoms with Crippen molar-refractivity contribution in [2.24, 2.45) is 5.73 Å². The van der Waals surface area contributed by atoms with Gasteiger partial charge in [-0.15, -0.1) is 0 Å². The number of nitrogens with two attached hydrogens (primary N) is 1. The predicted molar refractivity (Wildman–Crippen MR) is 153 cm³/mol. The highest BCUT2D eigenvalue weighted by Crippen LogP contribution is 2.40. The van der Waals surface area contributed by atoms with Gasteiger partial charge in [0.1, 0.15) is 21.2 Å². The highest BCUT2D eigenvalue weighted by Gasteiger charge is 2.48. The third-order valence-corrected chi connectivity index (χ3v) is 9.09. The van der Waals surface area contributed by atoms with Gasteiger partial charge >= 0.3 is 0 Å². The third kappa shape index (κ3) is 5.29. The van der Waals surface area contributed by atoms with Crippen LogP contribution in [0.5, 0.6) is 0 Å². The third-order valence-electron chi connectivity index (χ3n) is 8.14. The predicted octanol–water partition coefficient (Wildman–Crippen LogP) is 1.49. The van der Waals surface area contributed by atoms with E-state index in [2.05, 4.69) is 10.2 Å². The molecule has 1 unspecified atom stereocenters. The normalized spacial score (nSPS) is 21.4. The lowest BCUT2D eigenvalue weighted by Gasteiger charge is -2.36. The van der Waals surface area contributed by atoms with Gasteiger partial charge < -0.3 is 20.9 Å². The molecule has 3 aromatic rings. The lowest BCUT2D eigenvalue weighted by atomic mass is 9.89. The number of likely N-dealkylation sites (N-methyl/N-ethyl adjacent to an activating group) is 1. The van der Waals surface area contributed by atoms with E-state index in [1.165, 1.54) is 0 Å². The fraction of sp³-hybridized carbons (Fsp3) is 0.500. The molecule has 1 aromatic carbocycles. The minimum Gasteiger partial charge on any atom is -0.355 e. The highest BCUT2D eigenvalue weighted by molar-refractivity contribution is 7.90. The fourth-order valence-corrected chi connectivity index (χ4v) is 6.35. The molecule has 1 aliphatic heterocycles. The number of sulfone groups is 1. The maximum absolute atomic E-state index is 14.2. The Morgan fingerprint density at radius 1 is 1.30 bits per heavy atom. The van der Waals surface area contributed by atoms with E-state index in [-0.39, 0.29) is 24.1 Å². The van der Waals surface area contributed by atoms with Crippen LogP contribution in [-0.2, 0) is 31.4 Å². The van der Waals surface area contributed by atoms with Gasteiger partial charge in [-0.1, -0.05) is 24.3 Å². The SMILES string of the molecule is Cc1cn2nc([C@H](C)N(C)C(=O)C3(NC(=O)CCS(C)(=O)=O)CCc4ccccc43)cc2nc1N1CC[C@H](N)C1. The first-order valence-electron chi connectivity index (χ1n) is 13.6. The minimum absolute atomic E-state index is 0.137. The van der Waals surface area contributed by atoms with Gasteiger partial charge in [-0.05, 0) is 44.2 Å². The summed E-state index contributed by atoms with van der Waals surface area (Å²) in [5, 5.41) is 7.67. The van der Waals surface area contributed by atoms with Crippen LogP contribution in [-0.4, -0.2) is 77.9 Å². The number of hydrogen-bond acceptors (Lipinski definition) is 8. The van der Waals surface area contributed by atoms with E-state index in [1.54, 1.807) is 16.5 Å². The van der Waals surface area contributed by atoms with Gasteiger partial charge in [0, 0.05) is 56.7 Å². The van der Waals surface area contributed by atoms with Crippen molar-refractivity contribution in [1.82, 2.24) is 24.8 Å². The Balaban J connectivity index is 1.43. The Hall–Kier alpha value is -3.51. The van der Waals surface area contributed by atoms with Gasteiger partial charge in [0.15, 0.2) is 5.65 Å². The summed E-state index contributed by atoms with van der Waals surface area (Å²) in [4.78, 5) is 35.8. The van der Waals surface area contributed by atoms with Crippen molar-refractivity contribution in [3.63, 3.8) is 0 Å². The van der Waals surface area contributed by atoms with Crippen LogP contribution >= 0.6 is 0 Å². The summed E-state index contributed by atoms with van der Waals surface area (Å²) in [6.45, 7) is 5.52. The van der Waals surface area contributed by atoms with Gasteiger partial charge in [-0.3, -0.25) is 9.59 Å². The molecular weight excluding hydrogens is 530 g/mol. The van der Waals surface area contributed by atoms with Gasteiger partial charge in [0.2, 0.25) is 5.91 Å². The summed E-state index contributed by atoms with van der Waals surface area (Å²) in [7, 11) is -1.62. The number of amides is 2. The van der Waals surface area contributed by atoms with Gasteiger partial charge in [0.25, 0.3) is 5.91 Å². The Bertz CT molecular complexity index is 1570. The molecule has 1 aliphatic carbocycles. The standard InChI is InChI=1S/C28H37N7O4S/c1-18-16-35-24(30-26(18)34-13-10-21(29)17-34)15-23(32-35)19(2)33(3)27(37)28(31-25(36)11-14-40(4,38)39)12-9-20-7-5-6-8-22(20)28/h5-8,15-16,19,21H,9-14,17,29H2,1-4H3,(H,31,36)/t19-,21-,28?/m0/s1. The molecule has 0 radical (unpaired) electrons. The number of aryl methyl sites for hydroxylation is 2. The summed E-state index contributed by atoms with van der Waals surface area (Å²) in [6.07, 6.45) is 4.76. The van der Waals surface area contributed by atoms with E-state index >= 15 is 0 Å². The van der Waals surface area contributed by atoms with Crippen LogP contribution in [0.2, 0.25) is 0 Å². The van der Waals surface area contributed by atoms with E-state index < -0.39 is 27.3 Å². The molecule has 40 heavy (non-hydrogen) atoms. The molecule has 1 fully saturated rings. The van der Waals surface area contributed by atoms with Crippen molar-refractivity contribution in [2.75, 3.05) is 37.0 Å². The molecule has 3 N–H and O–H groups in total. The number of anilines is 1. The molecule has 12 heteroatoms. The molecule has 3 atom stereocenters. The maximum Gasteiger partial charge on any atom is 0.253 e. The number of hydrogen-bond donors (Lipinski definition) is 2. The van der Waals surface area contributed by atoms with Crippen molar-refractivity contribution >= 4 is 33.1 Å². The van der Waals surface area contributed by atoms with Crippen LogP contribution in [0.15, 0.2) is 36.5 Å². The van der Waals surface area contributed by atoms with E-state index in [0.29, 0.717) is 24.2 Å². The van der Waals surface area contributed by atoms with Crippen molar-refractivity contribution in [3.8, 4) is 0 Å². The molecule has 2 amide bonds. The monoisotopic (exact) mass is 567 g/mol. The molecule has 3 heterocycles. The van der Waals surface area contributed by atoms with E-state index in [4.69, 9.17) is 15.8 Å². The first kappa shape index (κ1) is 28.0. The second-order valence-corrected chi connectivity index (χ2v) is 13.5. The molecule has 2 aliphatic rings. The Labute approximate surface area is 234 Å². The van der Waals surface area contributed by atoms with Crippen molar-refractivity contribution in [1.29, 1.82) is 0 Å². The maximum atomic E-state index is 14.2. The Kier molecular flexibility index (Phi) is 7.34. The number of carbonyl (C=O) groups excluding carboxylic acids is 2. The van der Waals surface area contributed by atoms with E-state index in [9.17, 15) is 18.0 Å². The number of nitrogens with one attached hydrogen (secondary N) is 1. The van der Waals surface area contributed by atoms with Crippen LogP contribution in [0, 0.1) is 6.92 Å². The molecule has 0 bridgehead atoms. The molecule has 11 nitrogen and oxygen atoms in total. The number of carbonyl (C=O) groups is 2. The first-order chi connectivity index (χ1) is 18.9. The molecule has 5 rings (SSSR count). The molecule has 214 valence electrons. The molecule has 1 saturated heterocycles. The zero-order chi connectivity index (χ0) is 28.8. The van der Waals surface area contributed by atoms with Crippen LogP contribution in [0.1, 0.15) is 54.6 Å². The van der Waals surface area contributed by atoms with E-state index in [1.807, 2.05) is 50.4 Å². The summed E-state index contributed by atoms with van der Waals surface area (Å²) >= 11 is 0. The zero-order valence-corrected chi connectivity index (χ0v) is 24.2.